The predicted molar refractivity (Wildman–Crippen MR) is 84.2 cm³/mol. The van der Waals surface area contributed by atoms with Crippen molar-refractivity contribution >= 4 is 40.9 Å². The second kappa shape index (κ2) is 9.75. The number of anilines is 1. The molecule has 0 aromatic carbocycles. The fourth-order valence-electron chi connectivity index (χ4n) is 1.52. The van der Waals surface area contributed by atoms with Gasteiger partial charge in [-0.05, 0) is 31.1 Å². The van der Waals surface area contributed by atoms with Gasteiger partial charge in [-0.25, -0.2) is 9.97 Å². The largest absolute Gasteiger partial charge is 0.370 e. The number of halogens is 1. The van der Waals surface area contributed by atoms with Crippen LogP contribution in [0.4, 0.5) is 5.82 Å². The average molecular weight is 306 g/mol. The molecule has 0 atom stereocenters. The van der Waals surface area contributed by atoms with Gasteiger partial charge in [-0.2, -0.15) is 11.8 Å². The molecule has 1 aromatic rings. The van der Waals surface area contributed by atoms with Crippen molar-refractivity contribution in [2.75, 3.05) is 30.1 Å². The van der Waals surface area contributed by atoms with Crippen LogP contribution < -0.4 is 5.32 Å². The molecule has 0 spiro atoms. The molecule has 0 aliphatic rings. The lowest BCUT2D eigenvalue weighted by molar-refractivity contribution is 0.688. The molecule has 102 valence electrons. The van der Waals surface area contributed by atoms with Crippen molar-refractivity contribution in [3.63, 3.8) is 0 Å². The molecule has 0 radical (unpaired) electrons. The van der Waals surface area contributed by atoms with E-state index in [1.165, 1.54) is 43.2 Å². The van der Waals surface area contributed by atoms with Crippen molar-refractivity contribution in [3.8, 4) is 0 Å². The number of rotatable bonds is 9. The summed E-state index contributed by atoms with van der Waals surface area (Å²) in [4.78, 5) is 8.46. The minimum absolute atomic E-state index is 0.497. The second-order valence-electron chi connectivity index (χ2n) is 3.90. The molecule has 3 nitrogen and oxygen atoms in total. The van der Waals surface area contributed by atoms with Crippen LogP contribution in [0.5, 0.6) is 0 Å². The molecule has 0 bridgehead atoms. The van der Waals surface area contributed by atoms with E-state index in [9.17, 15) is 0 Å². The molecule has 0 aliphatic heterocycles. The molecule has 0 aliphatic carbocycles. The fourth-order valence-corrected chi connectivity index (χ4v) is 2.63. The molecule has 1 N–H and O–H groups in total. The van der Waals surface area contributed by atoms with Crippen LogP contribution in [-0.2, 0) is 0 Å². The molecule has 1 heterocycles. The molecule has 0 fully saturated rings. The molecule has 0 saturated heterocycles. The Morgan fingerprint density at radius 3 is 2.67 bits per heavy atom. The molecule has 1 aromatic heterocycles. The van der Waals surface area contributed by atoms with Crippen molar-refractivity contribution in [1.82, 2.24) is 9.97 Å². The molecule has 0 amide bonds. The maximum atomic E-state index is 5.92. The number of nitrogens with one attached hydrogen (secondary N) is 1. The van der Waals surface area contributed by atoms with Crippen LogP contribution in [0.3, 0.4) is 0 Å². The standard InChI is InChI=1S/C12H20ClN3S2/c1-17-8-6-4-3-5-7-14-11-9-10(13)15-12(16-11)18-2/h9H,3-8H2,1-2H3,(H,14,15,16). The van der Waals surface area contributed by atoms with Gasteiger partial charge in [0.2, 0.25) is 0 Å². The van der Waals surface area contributed by atoms with E-state index in [1.807, 2.05) is 18.0 Å². The molecule has 0 unspecified atom stereocenters. The lowest BCUT2D eigenvalue weighted by Crippen LogP contribution is -2.04. The van der Waals surface area contributed by atoms with E-state index in [4.69, 9.17) is 11.6 Å². The van der Waals surface area contributed by atoms with Crippen LogP contribution in [0.2, 0.25) is 5.15 Å². The van der Waals surface area contributed by atoms with Gasteiger partial charge >= 0.3 is 0 Å². The van der Waals surface area contributed by atoms with E-state index >= 15 is 0 Å². The van der Waals surface area contributed by atoms with Crippen molar-refractivity contribution in [2.24, 2.45) is 0 Å². The maximum Gasteiger partial charge on any atom is 0.190 e. The summed E-state index contributed by atoms with van der Waals surface area (Å²) in [5, 5.41) is 4.51. The Hall–Kier alpha value is -0.130. The van der Waals surface area contributed by atoms with Crippen LogP contribution in [0, 0.1) is 0 Å². The highest BCUT2D eigenvalue weighted by Gasteiger charge is 2.01. The minimum Gasteiger partial charge on any atom is -0.370 e. The molecular weight excluding hydrogens is 286 g/mol. The Labute approximate surface area is 123 Å². The minimum atomic E-state index is 0.497. The maximum absolute atomic E-state index is 5.92. The predicted octanol–water partition coefficient (Wildman–Crippen LogP) is 4.19. The number of hydrogen-bond donors (Lipinski definition) is 1. The van der Waals surface area contributed by atoms with E-state index in [1.54, 1.807) is 6.07 Å². The van der Waals surface area contributed by atoms with Gasteiger partial charge in [0.15, 0.2) is 5.16 Å². The summed E-state index contributed by atoms with van der Waals surface area (Å²) in [5.74, 6) is 2.09. The lowest BCUT2D eigenvalue weighted by atomic mass is 10.2. The first kappa shape index (κ1) is 15.9. The van der Waals surface area contributed by atoms with Crippen molar-refractivity contribution in [2.45, 2.75) is 30.8 Å². The Morgan fingerprint density at radius 1 is 1.17 bits per heavy atom. The van der Waals surface area contributed by atoms with E-state index in [0.29, 0.717) is 10.3 Å². The first-order valence-corrected chi connectivity index (χ1v) is 9.07. The first-order chi connectivity index (χ1) is 8.76. The second-order valence-corrected chi connectivity index (χ2v) is 6.04. The zero-order chi connectivity index (χ0) is 13.2. The smallest absolute Gasteiger partial charge is 0.190 e. The quantitative estimate of drug-likeness (QED) is 0.320. The SMILES string of the molecule is CSCCCCCCNc1cc(Cl)nc(SC)n1. The van der Waals surface area contributed by atoms with Gasteiger partial charge in [0.05, 0.1) is 0 Å². The van der Waals surface area contributed by atoms with Gasteiger partial charge < -0.3 is 5.32 Å². The van der Waals surface area contributed by atoms with Crippen LogP contribution in [0.25, 0.3) is 0 Å². The lowest BCUT2D eigenvalue weighted by Gasteiger charge is -2.06. The number of nitrogens with zero attached hydrogens (tertiary/aromatic N) is 2. The molecule has 6 heteroatoms. The summed E-state index contributed by atoms with van der Waals surface area (Å²) in [6.07, 6.45) is 9.16. The van der Waals surface area contributed by atoms with Crippen LogP contribution >= 0.6 is 35.1 Å². The number of unbranched alkanes of at least 4 members (excludes halogenated alkanes) is 3. The van der Waals surface area contributed by atoms with Gasteiger partial charge in [-0.1, -0.05) is 36.2 Å². The van der Waals surface area contributed by atoms with E-state index in [2.05, 4.69) is 21.5 Å². The van der Waals surface area contributed by atoms with Crippen molar-refractivity contribution in [3.05, 3.63) is 11.2 Å². The van der Waals surface area contributed by atoms with Gasteiger partial charge in [0.25, 0.3) is 0 Å². The Balaban J connectivity index is 2.20. The third-order valence-electron chi connectivity index (χ3n) is 2.44. The van der Waals surface area contributed by atoms with Crippen molar-refractivity contribution < 1.29 is 0 Å². The third kappa shape index (κ3) is 6.71. The third-order valence-corrected chi connectivity index (χ3v) is 3.88. The Morgan fingerprint density at radius 2 is 1.94 bits per heavy atom. The fraction of sp³-hybridized carbons (Fsp3) is 0.667. The summed E-state index contributed by atoms with van der Waals surface area (Å²) < 4.78 is 0. The normalized spacial score (nSPS) is 10.6. The number of thioether (sulfide) groups is 2. The molecule has 18 heavy (non-hydrogen) atoms. The Bertz CT molecular complexity index is 350. The monoisotopic (exact) mass is 305 g/mol. The van der Waals surface area contributed by atoms with Crippen LogP contribution in [0.15, 0.2) is 11.2 Å². The van der Waals surface area contributed by atoms with E-state index in [-0.39, 0.29) is 0 Å². The number of aromatic nitrogens is 2. The Kier molecular flexibility index (Phi) is 8.63. The summed E-state index contributed by atoms with van der Waals surface area (Å²) >= 11 is 9.34. The highest BCUT2D eigenvalue weighted by atomic mass is 35.5. The van der Waals surface area contributed by atoms with E-state index in [0.717, 1.165) is 12.4 Å². The van der Waals surface area contributed by atoms with Crippen LogP contribution in [0.1, 0.15) is 25.7 Å². The first-order valence-electron chi connectivity index (χ1n) is 6.07. The van der Waals surface area contributed by atoms with Gasteiger partial charge in [-0.15, -0.1) is 0 Å². The van der Waals surface area contributed by atoms with Crippen molar-refractivity contribution in [1.29, 1.82) is 0 Å². The van der Waals surface area contributed by atoms with E-state index < -0.39 is 0 Å². The molecule has 0 saturated carbocycles. The van der Waals surface area contributed by atoms with Gasteiger partial charge in [0, 0.05) is 12.6 Å². The topological polar surface area (TPSA) is 37.8 Å². The summed E-state index contributed by atoms with van der Waals surface area (Å²) in [5.41, 5.74) is 0. The van der Waals surface area contributed by atoms with Crippen LogP contribution in [-0.4, -0.2) is 34.8 Å². The van der Waals surface area contributed by atoms with Gasteiger partial charge in [-0.3, -0.25) is 0 Å². The average Bonchev–Trinajstić information content (AvgIpc) is 2.37. The molecular formula is C12H20ClN3S2. The number of hydrogen-bond acceptors (Lipinski definition) is 5. The highest BCUT2D eigenvalue weighted by Crippen LogP contribution is 2.17. The zero-order valence-corrected chi connectivity index (χ0v) is 13.3. The summed E-state index contributed by atoms with van der Waals surface area (Å²) in [6, 6.07) is 1.77. The molecule has 1 rings (SSSR count). The zero-order valence-electron chi connectivity index (χ0n) is 10.9. The summed E-state index contributed by atoms with van der Waals surface area (Å²) in [7, 11) is 0. The van der Waals surface area contributed by atoms with Gasteiger partial charge in [0.1, 0.15) is 11.0 Å². The summed E-state index contributed by atoms with van der Waals surface area (Å²) in [6.45, 7) is 0.945. The highest BCUT2D eigenvalue weighted by molar-refractivity contribution is 7.98.